The molecule has 6 nitrogen and oxygen atoms in total. The van der Waals surface area contributed by atoms with Gasteiger partial charge in [0.1, 0.15) is 0 Å². The quantitative estimate of drug-likeness (QED) is 0.784. The Morgan fingerprint density at radius 3 is 2.62 bits per heavy atom. The predicted molar refractivity (Wildman–Crippen MR) is 83.2 cm³/mol. The molecule has 1 aliphatic heterocycles. The molecular formula is C13H12Br2N2O4. The zero-order valence-corrected chi connectivity index (χ0v) is 14.0. The van der Waals surface area contributed by atoms with E-state index in [0.29, 0.717) is 21.9 Å². The van der Waals surface area contributed by atoms with Crippen LogP contribution < -0.4 is 5.32 Å². The Labute approximate surface area is 137 Å². The smallest absolute Gasteiger partial charge is 0.337 e. The van der Waals surface area contributed by atoms with E-state index >= 15 is 0 Å². The van der Waals surface area contributed by atoms with Crippen LogP contribution in [0.1, 0.15) is 23.2 Å². The average molecular weight is 420 g/mol. The van der Waals surface area contributed by atoms with Crippen LogP contribution in [0.2, 0.25) is 0 Å². The van der Waals surface area contributed by atoms with E-state index in [2.05, 4.69) is 37.2 Å². The summed E-state index contributed by atoms with van der Waals surface area (Å²) in [5.41, 5.74) is 0.152. The van der Waals surface area contributed by atoms with Crippen LogP contribution in [0.25, 0.3) is 0 Å². The number of halogens is 2. The number of benzene rings is 1. The van der Waals surface area contributed by atoms with Crippen LogP contribution in [0.4, 0.5) is 5.69 Å². The molecule has 1 fully saturated rings. The largest absolute Gasteiger partial charge is 0.478 e. The predicted octanol–water partition coefficient (Wildman–Crippen LogP) is 2.47. The van der Waals surface area contributed by atoms with Crippen LogP contribution in [0.5, 0.6) is 0 Å². The van der Waals surface area contributed by atoms with Gasteiger partial charge < -0.3 is 15.3 Å². The van der Waals surface area contributed by atoms with Gasteiger partial charge in [0.2, 0.25) is 11.8 Å². The molecule has 1 aliphatic rings. The van der Waals surface area contributed by atoms with Gasteiger partial charge in [-0.15, -0.1) is 0 Å². The number of carbonyl (C=O) groups excluding carboxylic acids is 2. The molecule has 0 bridgehead atoms. The summed E-state index contributed by atoms with van der Waals surface area (Å²) < 4.78 is 1.04. The van der Waals surface area contributed by atoms with E-state index < -0.39 is 11.9 Å². The molecule has 112 valence electrons. The van der Waals surface area contributed by atoms with Crippen LogP contribution in [-0.2, 0) is 9.59 Å². The van der Waals surface area contributed by atoms with Gasteiger partial charge in [0.15, 0.2) is 0 Å². The van der Waals surface area contributed by atoms with Crippen molar-refractivity contribution in [1.29, 1.82) is 0 Å². The first-order valence-electron chi connectivity index (χ1n) is 6.18. The molecular weight excluding hydrogens is 408 g/mol. The van der Waals surface area contributed by atoms with Crippen molar-refractivity contribution in [2.75, 3.05) is 18.4 Å². The normalized spacial score (nSPS) is 14.4. The summed E-state index contributed by atoms with van der Waals surface area (Å²) in [5.74, 6) is -1.63. The lowest BCUT2D eigenvalue weighted by molar-refractivity contribution is -0.131. The number of nitrogens with zero attached hydrogens (tertiary/aromatic N) is 1. The Hall–Kier alpha value is -1.41. The Morgan fingerprint density at radius 1 is 1.33 bits per heavy atom. The number of anilines is 1. The van der Waals surface area contributed by atoms with Crippen molar-refractivity contribution in [3.63, 3.8) is 0 Å². The van der Waals surface area contributed by atoms with Gasteiger partial charge in [-0.2, -0.15) is 0 Å². The van der Waals surface area contributed by atoms with E-state index in [1.165, 1.54) is 11.0 Å². The lowest BCUT2D eigenvalue weighted by Gasteiger charge is -2.16. The number of amides is 2. The van der Waals surface area contributed by atoms with Crippen molar-refractivity contribution in [1.82, 2.24) is 4.90 Å². The molecule has 0 unspecified atom stereocenters. The fourth-order valence-electron chi connectivity index (χ4n) is 2.09. The summed E-state index contributed by atoms with van der Waals surface area (Å²) in [4.78, 5) is 36.2. The third kappa shape index (κ3) is 3.82. The van der Waals surface area contributed by atoms with E-state index in [0.717, 1.165) is 6.42 Å². The number of aromatic carboxylic acids is 1. The van der Waals surface area contributed by atoms with Gasteiger partial charge in [0, 0.05) is 21.9 Å². The molecule has 0 atom stereocenters. The third-order valence-corrected chi connectivity index (χ3v) is 4.14. The van der Waals surface area contributed by atoms with Gasteiger partial charge in [-0.05, 0) is 34.5 Å². The molecule has 0 aromatic heterocycles. The van der Waals surface area contributed by atoms with Crippen LogP contribution in [0.15, 0.2) is 21.1 Å². The maximum atomic E-state index is 12.0. The first kappa shape index (κ1) is 16.0. The number of likely N-dealkylation sites (tertiary alicyclic amines) is 1. The van der Waals surface area contributed by atoms with Gasteiger partial charge in [-0.3, -0.25) is 9.59 Å². The first-order valence-corrected chi connectivity index (χ1v) is 7.77. The Kier molecular flexibility index (Phi) is 5.00. The Morgan fingerprint density at radius 2 is 2.05 bits per heavy atom. The zero-order chi connectivity index (χ0) is 15.6. The SMILES string of the molecule is O=C(CN1CCCC1=O)Nc1c(Br)cc(Br)cc1C(=O)O. The maximum Gasteiger partial charge on any atom is 0.337 e. The Balaban J connectivity index is 2.17. The molecule has 0 spiro atoms. The minimum Gasteiger partial charge on any atom is -0.478 e. The topological polar surface area (TPSA) is 86.7 Å². The fourth-order valence-corrected chi connectivity index (χ4v) is 3.42. The highest BCUT2D eigenvalue weighted by Gasteiger charge is 2.23. The lowest BCUT2D eigenvalue weighted by Crippen LogP contribution is -2.34. The number of rotatable bonds is 4. The second-order valence-corrected chi connectivity index (χ2v) is 6.35. The number of carboxylic acid groups (broad SMARTS) is 1. The first-order chi connectivity index (χ1) is 9.88. The van der Waals surface area contributed by atoms with Crippen LogP contribution >= 0.6 is 31.9 Å². The van der Waals surface area contributed by atoms with Gasteiger partial charge >= 0.3 is 5.97 Å². The molecule has 1 aromatic rings. The summed E-state index contributed by atoms with van der Waals surface area (Å²) >= 11 is 6.43. The molecule has 8 heteroatoms. The highest BCUT2D eigenvalue weighted by molar-refractivity contribution is 9.11. The number of nitrogens with one attached hydrogen (secondary N) is 1. The average Bonchev–Trinajstić information content (AvgIpc) is 2.77. The minimum absolute atomic E-state index is 0.0302. The summed E-state index contributed by atoms with van der Waals surface area (Å²) in [6.07, 6.45) is 1.20. The van der Waals surface area contributed by atoms with E-state index in [-0.39, 0.29) is 23.7 Å². The molecule has 2 amide bonds. The van der Waals surface area contributed by atoms with E-state index in [9.17, 15) is 19.5 Å². The Bertz CT molecular complexity index is 618. The van der Waals surface area contributed by atoms with Crippen LogP contribution in [-0.4, -0.2) is 40.9 Å². The van der Waals surface area contributed by atoms with Crippen molar-refractivity contribution in [3.8, 4) is 0 Å². The second-order valence-electron chi connectivity index (χ2n) is 4.58. The second kappa shape index (κ2) is 6.57. The molecule has 0 radical (unpaired) electrons. The molecule has 0 aliphatic carbocycles. The third-order valence-electron chi connectivity index (χ3n) is 3.06. The van der Waals surface area contributed by atoms with Gasteiger partial charge in [-0.25, -0.2) is 4.79 Å². The summed E-state index contributed by atoms with van der Waals surface area (Å²) in [5, 5.41) is 11.7. The van der Waals surface area contributed by atoms with Crippen molar-refractivity contribution < 1.29 is 19.5 Å². The highest BCUT2D eigenvalue weighted by atomic mass is 79.9. The minimum atomic E-state index is -1.15. The zero-order valence-electron chi connectivity index (χ0n) is 10.9. The van der Waals surface area contributed by atoms with E-state index in [1.54, 1.807) is 6.07 Å². The number of hydrogen-bond donors (Lipinski definition) is 2. The maximum absolute atomic E-state index is 12.0. The van der Waals surface area contributed by atoms with Crippen molar-refractivity contribution >= 4 is 55.3 Å². The van der Waals surface area contributed by atoms with Gasteiger partial charge in [0.05, 0.1) is 17.8 Å². The van der Waals surface area contributed by atoms with Crippen LogP contribution in [0.3, 0.4) is 0 Å². The van der Waals surface area contributed by atoms with Crippen molar-refractivity contribution in [3.05, 3.63) is 26.6 Å². The standard InChI is InChI=1S/C13H12Br2N2O4/c14-7-4-8(13(20)21)12(9(15)5-7)16-10(18)6-17-3-1-2-11(17)19/h4-5H,1-3,6H2,(H,16,18)(H,20,21). The highest BCUT2D eigenvalue weighted by Crippen LogP contribution is 2.31. The summed E-state index contributed by atoms with van der Waals surface area (Å²) in [6.45, 7) is 0.486. The van der Waals surface area contributed by atoms with E-state index in [4.69, 9.17) is 0 Å². The van der Waals surface area contributed by atoms with E-state index in [1.807, 2.05) is 0 Å². The number of carboxylic acids is 1. The molecule has 1 aromatic carbocycles. The fraction of sp³-hybridized carbons (Fsp3) is 0.308. The van der Waals surface area contributed by atoms with Gasteiger partial charge in [0.25, 0.3) is 0 Å². The molecule has 2 N–H and O–H groups in total. The molecule has 2 rings (SSSR count). The van der Waals surface area contributed by atoms with Crippen molar-refractivity contribution in [2.24, 2.45) is 0 Å². The molecule has 1 saturated heterocycles. The molecule has 0 saturated carbocycles. The number of carbonyl (C=O) groups is 3. The monoisotopic (exact) mass is 418 g/mol. The lowest BCUT2D eigenvalue weighted by atomic mass is 10.2. The summed E-state index contributed by atoms with van der Waals surface area (Å²) in [6, 6.07) is 3.05. The number of hydrogen-bond acceptors (Lipinski definition) is 3. The van der Waals surface area contributed by atoms with Gasteiger partial charge in [-0.1, -0.05) is 15.9 Å². The van der Waals surface area contributed by atoms with Crippen LogP contribution in [0, 0.1) is 0 Å². The van der Waals surface area contributed by atoms with Crippen molar-refractivity contribution in [2.45, 2.75) is 12.8 Å². The molecule has 1 heterocycles. The molecule has 21 heavy (non-hydrogen) atoms. The summed E-state index contributed by atoms with van der Waals surface area (Å²) in [7, 11) is 0.